The van der Waals surface area contributed by atoms with Crippen molar-refractivity contribution in [3.8, 4) is 0 Å². The maximum Gasteiger partial charge on any atom is 0.305 e. The first-order valence-corrected chi connectivity index (χ1v) is 10.2. The largest absolute Gasteiger partial charge is 0.469 e. The predicted octanol–water partition coefficient (Wildman–Crippen LogP) is 4.71. The molecule has 28 heavy (non-hydrogen) atoms. The molecule has 0 radical (unpaired) electrons. The summed E-state index contributed by atoms with van der Waals surface area (Å²) in [4.78, 5) is 22.2. The third kappa shape index (κ3) is 5.01. The molecule has 3 rings (SSSR count). The van der Waals surface area contributed by atoms with Gasteiger partial charge in [0, 0.05) is 17.5 Å². The monoisotopic (exact) mass is 395 g/mol. The minimum absolute atomic E-state index is 0.226. The van der Waals surface area contributed by atoms with E-state index in [0.717, 1.165) is 27.1 Å². The van der Waals surface area contributed by atoms with Crippen LogP contribution in [0, 0.1) is 0 Å². The van der Waals surface area contributed by atoms with Crippen LogP contribution in [0.15, 0.2) is 64.6 Å². The van der Waals surface area contributed by atoms with Gasteiger partial charge in [0.25, 0.3) is 0 Å². The second-order valence-corrected chi connectivity index (χ2v) is 7.83. The SMILES string of the molecule is COC(=O)CCc1nc(C(C)C)c(Sc2ccccc2)n1Cc1ccccn1. The number of rotatable bonds is 8. The lowest BCUT2D eigenvalue weighted by Crippen LogP contribution is -2.10. The van der Waals surface area contributed by atoms with Crippen LogP contribution < -0.4 is 0 Å². The van der Waals surface area contributed by atoms with Crippen LogP contribution in [-0.4, -0.2) is 27.6 Å². The van der Waals surface area contributed by atoms with E-state index in [9.17, 15) is 4.79 Å². The first kappa shape index (κ1) is 20.1. The van der Waals surface area contributed by atoms with Gasteiger partial charge < -0.3 is 9.30 Å². The van der Waals surface area contributed by atoms with Crippen LogP contribution in [0.1, 0.15) is 43.4 Å². The molecule has 3 aromatic rings. The number of pyridine rings is 1. The summed E-state index contributed by atoms with van der Waals surface area (Å²) in [6.07, 6.45) is 2.64. The summed E-state index contributed by atoms with van der Waals surface area (Å²) in [7, 11) is 1.42. The van der Waals surface area contributed by atoms with Gasteiger partial charge in [-0.3, -0.25) is 9.78 Å². The van der Waals surface area contributed by atoms with Crippen LogP contribution >= 0.6 is 11.8 Å². The van der Waals surface area contributed by atoms with Crippen molar-refractivity contribution in [2.45, 2.75) is 49.1 Å². The van der Waals surface area contributed by atoms with Crippen molar-refractivity contribution in [2.24, 2.45) is 0 Å². The summed E-state index contributed by atoms with van der Waals surface area (Å²) in [5.41, 5.74) is 2.01. The van der Waals surface area contributed by atoms with E-state index in [-0.39, 0.29) is 11.9 Å². The quantitative estimate of drug-likeness (QED) is 0.517. The summed E-state index contributed by atoms with van der Waals surface area (Å²) in [5.74, 6) is 0.932. The van der Waals surface area contributed by atoms with Gasteiger partial charge in [0.2, 0.25) is 0 Å². The van der Waals surface area contributed by atoms with E-state index in [1.54, 1.807) is 18.0 Å². The number of benzene rings is 1. The van der Waals surface area contributed by atoms with Crippen molar-refractivity contribution >= 4 is 17.7 Å². The molecule has 2 aromatic heterocycles. The zero-order valence-electron chi connectivity index (χ0n) is 16.5. The first-order valence-electron chi connectivity index (χ1n) is 9.37. The molecule has 0 saturated heterocycles. The van der Waals surface area contributed by atoms with Crippen LogP contribution in [0.4, 0.5) is 0 Å². The topological polar surface area (TPSA) is 57.0 Å². The molecule has 0 aliphatic carbocycles. The number of aryl methyl sites for hydroxylation is 1. The van der Waals surface area contributed by atoms with E-state index in [4.69, 9.17) is 9.72 Å². The van der Waals surface area contributed by atoms with Gasteiger partial charge in [-0.05, 0) is 30.2 Å². The summed E-state index contributed by atoms with van der Waals surface area (Å²) >= 11 is 1.71. The van der Waals surface area contributed by atoms with Crippen LogP contribution in [0.3, 0.4) is 0 Å². The molecule has 0 aliphatic rings. The smallest absolute Gasteiger partial charge is 0.305 e. The molecule has 0 spiro atoms. The highest BCUT2D eigenvalue weighted by Crippen LogP contribution is 2.35. The number of methoxy groups -OCH3 is 1. The molecule has 6 heteroatoms. The number of imidazole rings is 1. The Bertz CT molecular complexity index is 908. The molecule has 0 N–H and O–H groups in total. The van der Waals surface area contributed by atoms with E-state index >= 15 is 0 Å². The Morgan fingerprint density at radius 1 is 1.14 bits per heavy atom. The lowest BCUT2D eigenvalue weighted by molar-refractivity contribution is -0.140. The van der Waals surface area contributed by atoms with E-state index in [0.29, 0.717) is 19.4 Å². The van der Waals surface area contributed by atoms with Crippen molar-refractivity contribution < 1.29 is 9.53 Å². The van der Waals surface area contributed by atoms with Gasteiger partial charge >= 0.3 is 5.97 Å². The first-order chi connectivity index (χ1) is 13.6. The maximum absolute atomic E-state index is 11.7. The van der Waals surface area contributed by atoms with Gasteiger partial charge in [0.1, 0.15) is 10.9 Å². The fourth-order valence-corrected chi connectivity index (χ4v) is 4.09. The molecule has 1 aromatic carbocycles. The molecule has 0 saturated carbocycles. The van der Waals surface area contributed by atoms with E-state index in [2.05, 4.69) is 35.5 Å². The number of carbonyl (C=O) groups is 1. The minimum Gasteiger partial charge on any atom is -0.469 e. The van der Waals surface area contributed by atoms with Crippen molar-refractivity contribution in [3.05, 3.63) is 71.9 Å². The predicted molar refractivity (Wildman–Crippen MR) is 111 cm³/mol. The Kier molecular flexibility index (Phi) is 6.87. The number of ether oxygens (including phenoxy) is 1. The Labute approximate surface area is 170 Å². The molecule has 0 amide bonds. The van der Waals surface area contributed by atoms with Gasteiger partial charge in [-0.1, -0.05) is 49.9 Å². The molecular formula is C22H25N3O2S. The van der Waals surface area contributed by atoms with Gasteiger partial charge in [0.05, 0.1) is 31.5 Å². The second-order valence-electron chi connectivity index (χ2n) is 6.77. The number of nitrogens with zero attached hydrogens (tertiary/aromatic N) is 3. The van der Waals surface area contributed by atoms with E-state index in [1.807, 2.05) is 36.4 Å². The van der Waals surface area contributed by atoms with E-state index < -0.39 is 0 Å². The van der Waals surface area contributed by atoms with Crippen LogP contribution in [0.5, 0.6) is 0 Å². The van der Waals surface area contributed by atoms with Crippen molar-refractivity contribution in [1.82, 2.24) is 14.5 Å². The Morgan fingerprint density at radius 2 is 1.89 bits per heavy atom. The molecule has 0 aliphatic heterocycles. The van der Waals surface area contributed by atoms with Gasteiger partial charge in [0.15, 0.2) is 0 Å². The normalized spacial score (nSPS) is 11.0. The molecule has 0 unspecified atom stereocenters. The molecule has 0 bridgehead atoms. The highest BCUT2D eigenvalue weighted by molar-refractivity contribution is 7.99. The van der Waals surface area contributed by atoms with Gasteiger partial charge in [-0.15, -0.1) is 0 Å². The Balaban J connectivity index is 2.02. The lowest BCUT2D eigenvalue weighted by atomic mass is 10.1. The van der Waals surface area contributed by atoms with Crippen molar-refractivity contribution in [1.29, 1.82) is 0 Å². The summed E-state index contributed by atoms with van der Waals surface area (Å²) in [6.45, 7) is 4.91. The Morgan fingerprint density at radius 3 is 2.54 bits per heavy atom. The number of esters is 1. The van der Waals surface area contributed by atoms with Gasteiger partial charge in [-0.25, -0.2) is 4.98 Å². The molecule has 0 atom stereocenters. The maximum atomic E-state index is 11.7. The number of carbonyl (C=O) groups excluding carboxylic acids is 1. The van der Waals surface area contributed by atoms with Crippen LogP contribution in [0.25, 0.3) is 0 Å². The molecule has 0 fully saturated rings. The number of aromatic nitrogens is 3. The number of hydrogen-bond acceptors (Lipinski definition) is 5. The standard InChI is InChI=1S/C22H25N3O2S/c1-16(2)21-22(28-18-10-5-4-6-11-18)25(15-17-9-7-8-14-23-17)19(24-21)12-13-20(26)27-3/h4-11,14,16H,12-13,15H2,1-3H3. The van der Waals surface area contributed by atoms with E-state index in [1.165, 1.54) is 7.11 Å². The van der Waals surface area contributed by atoms with Crippen LogP contribution in [0.2, 0.25) is 0 Å². The fraction of sp³-hybridized carbons (Fsp3) is 0.318. The average Bonchev–Trinajstić information content (AvgIpc) is 3.05. The zero-order valence-corrected chi connectivity index (χ0v) is 17.3. The highest BCUT2D eigenvalue weighted by atomic mass is 32.2. The lowest BCUT2D eigenvalue weighted by Gasteiger charge is -2.13. The van der Waals surface area contributed by atoms with Crippen LogP contribution in [-0.2, 0) is 22.5 Å². The summed E-state index contributed by atoms with van der Waals surface area (Å²) in [6, 6.07) is 16.2. The third-order valence-corrected chi connectivity index (χ3v) is 5.49. The van der Waals surface area contributed by atoms with Crippen molar-refractivity contribution in [3.63, 3.8) is 0 Å². The fourth-order valence-electron chi connectivity index (χ4n) is 2.91. The summed E-state index contributed by atoms with van der Waals surface area (Å²) < 4.78 is 7.01. The second kappa shape index (κ2) is 9.55. The molecular weight excluding hydrogens is 370 g/mol. The molecule has 5 nitrogen and oxygen atoms in total. The highest BCUT2D eigenvalue weighted by Gasteiger charge is 2.21. The van der Waals surface area contributed by atoms with Crippen molar-refractivity contribution in [2.75, 3.05) is 7.11 Å². The Hall–Kier alpha value is -2.60. The van der Waals surface area contributed by atoms with Gasteiger partial charge in [-0.2, -0.15) is 0 Å². The summed E-state index contributed by atoms with van der Waals surface area (Å²) in [5, 5.41) is 1.10. The minimum atomic E-state index is -0.226. The molecule has 2 heterocycles. The third-order valence-electron chi connectivity index (χ3n) is 4.36. The zero-order chi connectivity index (χ0) is 19.9. The number of hydrogen-bond donors (Lipinski definition) is 0. The molecule has 146 valence electrons. The average molecular weight is 396 g/mol.